The van der Waals surface area contributed by atoms with E-state index >= 15 is 0 Å². The minimum atomic E-state index is -0.323. The summed E-state index contributed by atoms with van der Waals surface area (Å²) in [4.78, 5) is 20.7. The molecule has 0 aliphatic carbocycles. The van der Waals surface area contributed by atoms with E-state index in [4.69, 9.17) is 16.3 Å². The minimum Gasteiger partial charge on any atom is -0.376 e. The van der Waals surface area contributed by atoms with E-state index < -0.39 is 0 Å². The Hall–Kier alpha value is -2.18. The molecule has 2 aromatic rings. The van der Waals surface area contributed by atoms with Gasteiger partial charge in [-0.05, 0) is 43.9 Å². The summed E-state index contributed by atoms with van der Waals surface area (Å²) in [5.74, 6) is 0.277. The molecule has 0 saturated carbocycles. The molecule has 1 aliphatic rings. The van der Waals surface area contributed by atoms with E-state index in [1.807, 2.05) is 26.0 Å². The number of anilines is 2. The number of aryl methyl sites for hydroxylation is 2. The van der Waals surface area contributed by atoms with E-state index in [1.54, 1.807) is 6.07 Å². The third kappa shape index (κ3) is 4.46. The predicted octanol–water partition coefficient (Wildman–Crippen LogP) is 3.59. The smallest absolute Gasteiger partial charge is 0.274 e. The number of carbonyl (C=O) groups excluding carboxylic acids is 1. The Kier molecular flexibility index (Phi) is 5.50. The van der Waals surface area contributed by atoms with Crippen molar-refractivity contribution in [1.29, 1.82) is 0 Å². The fourth-order valence-electron chi connectivity index (χ4n) is 2.85. The van der Waals surface area contributed by atoms with Crippen LogP contribution in [0.5, 0.6) is 0 Å². The normalized spacial score (nSPS) is 16.7. The van der Waals surface area contributed by atoms with Crippen LogP contribution in [-0.2, 0) is 4.74 Å². The van der Waals surface area contributed by atoms with Crippen LogP contribution >= 0.6 is 11.6 Å². The first kappa shape index (κ1) is 17.6. The topological polar surface area (TPSA) is 76.1 Å². The molecular formula is C18H21ClN4O2. The zero-order valence-corrected chi connectivity index (χ0v) is 15.1. The van der Waals surface area contributed by atoms with E-state index in [0.29, 0.717) is 23.1 Å². The van der Waals surface area contributed by atoms with Crippen LogP contribution in [0.2, 0.25) is 5.02 Å². The van der Waals surface area contributed by atoms with Gasteiger partial charge >= 0.3 is 0 Å². The quantitative estimate of drug-likeness (QED) is 0.852. The molecule has 1 amide bonds. The van der Waals surface area contributed by atoms with Gasteiger partial charge in [-0.1, -0.05) is 17.7 Å². The monoisotopic (exact) mass is 360 g/mol. The fourth-order valence-corrected chi connectivity index (χ4v) is 3.22. The summed E-state index contributed by atoms with van der Waals surface area (Å²) in [6.45, 7) is 5.34. The molecule has 2 N–H and O–H groups in total. The number of benzene rings is 1. The van der Waals surface area contributed by atoms with Crippen LogP contribution < -0.4 is 10.6 Å². The van der Waals surface area contributed by atoms with Crippen LogP contribution in [0, 0.1) is 13.8 Å². The van der Waals surface area contributed by atoms with Crippen LogP contribution in [0.4, 0.5) is 11.5 Å². The first-order valence-corrected chi connectivity index (χ1v) is 8.66. The molecule has 1 unspecified atom stereocenters. The average molecular weight is 361 g/mol. The maximum atomic E-state index is 12.5. The third-order valence-corrected chi connectivity index (χ3v) is 4.40. The second kappa shape index (κ2) is 7.80. The second-order valence-electron chi connectivity index (χ2n) is 6.20. The number of amides is 1. The van der Waals surface area contributed by atoms with Gasteiger partial charge in [0.2, 0.25) is 0 Å². The lowest BCUT2D eigenvalue weighted by Crippen LogP contribution is -2.20. The maximum absolute atomic E-state index is 12.5. The molecule has 1 aromatic carbocycles. The van der Waals surface area contributed by atoms with Crippen LogP contribution in [0.25, 0.3) is 0 Å². The standard InChI is InChI=1S/C18H21ClN4O2/c1-11-6-12(2)17(14(19)7-11)23-18(24)15-8-16(22-10-21-15)20-9-13-4-3-5-25-13/h6-8,10,13H,3-5,9H2,1-2H3,(H,23,24)(H,20,21,22). The molecule has 1 fully saturated rings. The molecule has 0 spiro atoms. The number of hydrogen-bond acceptors (Lipinski definition) is 5. The lowest BCUT2D eigenvalue weighted by molar-refractivity contribution is 0.102. The van der Waals surface area contributed by atoms with Crippen molar-refractivity contribution in [3.8, 4) is 0 Å². The molecule has 1 aromatic heterocycles. The molecule has 7 heteroatoms. The van der Waals surface area contributed by atoms with Crippen molar-refractivity contribution in [3.05, 3.63) is 46.4 Å². The Balaban J connectivity index is 1.69. The lowest BCUT2D eigenvalue weighted by Gasteiger charge is -2.13. The van der Waals surface area contributed by atoms with E-state index in [2.05, 4.69) is 20.6 Å². The molecule has 1 aliphatic heterocycles. The van der Waals surface area contributed by atoms with Gasteiger partial charge in [-0.15, -0.1) is 0 Å². The molecule has 0 bridgehead atoms. The van der Waals surface area contributed by atoms with Crippen molar-refractivity contribution in [2.45, 2.75) is 32.8 Å². The van der Waals surface area contributed by atoms with Gasteiger partial charge in [0.15, 0.2) is 0 Å². The van der Waals surface area contributed by atoms with Gasteiger partial charge in [0.25, 0.3) is 5.91 Å². The Labute approximate surface area is 152 Å². The zero-order valence-electron chi connectivity index (χ0n) is 14.3. The highest BCUT2D eigenvalue weighted by molar-refractivity contribution is 6.34. The van der Waals surface area contributed by atoms with Crippen LogP contribution in [-0.4, -0.2) is 35.1 Å². The molecule has 3 rings (SSSR count). The SMILES string of the molecule is Cc1cc(C)c(NC(=O)c2cc(NCC3CCCO3)ncn2)c(Cl)c1. The van der Waals surface area contributed by atoms with Gasteiger partial charge in [0.05, 0.1) is 16.8 Å². The van der Waals surface area contributed by atoms with E-state index in [9.17, 15) is 4.79 Å². The highest BCUT2D eigenvalue weighted by Crippen LogP contribution is 2.27. The van der Waals surface area contributed by atoms with Gasteiger partial charge in [0.1, 0.15) is 17.8 Å². The second-order valence-corrected chi connectivity index (χ2v) is 6.60. The summed E-state index contributed by atoms with van der Waals surface area (Å²) in [7, 11) is 0. The Morgan fingerprint density at radius 3 is 2.88 bits per heavy atom. The number of aromatic nitrogens is 2. The highest BCUT2D eigenvalue weighted by atomic mass is 35.5. The summed E-state index contributed by atoms with van der Waals surface area (Å²) in [6.07, 6.45) is 3.69. The summed E-state index contributed by atoms with van der Waals surface area (Å²) in [5.41, 5.74) is 2.83. The van der Waals surface area contributed by atoms with Crippen molar-refractivity contribution in [2.75, 3.05) is 23.8 Å². The van der Waals surface area contributed by atoms with Crippen LogP contribution in [0.3, 0.4) is 0 Å². The number of ether oxygens (including phenoxy) is 1. The van der Waals surface area contributed by atoms with Gasteiger partial charge in [-0.2, -0.15) is 0 Å². The van der Waals surface area contributed by atoms with Crippen LogP contribution in [0.15, 0.2) is 24.5 Å². The van der Waals surface area contributed by atoms with E-state index in [0.717, 1.165) is 30.6 Å². The summed E-state index contributed by atoms with van der Waals surface area (Å²) in [5, 5.41) is 6.54. The van der Waals surface area contributed by atoms with Crippen molar-refractivity contribution in [2.24, 2.45) is 0 Å². The number of nitrogens with zero attached hydrogens (tertiary/aromatic N) is 2. The number of halogens is 1. The Bertz CT molecular complexity index is 752. The Morgan fingerprint density at radius 2 is 2.16 bits per heavy atom. The Morgan fingerprint density at radius 1 is 1.32 bits per heavy atom. The maximum Gasteiger partial charge on any atom is 0.274 e. The molecular weight excluding hydrogens is 340 g/mol. The van der Waals surface area contributed by atoms with Gasteiger partial charge in [-0.3, -0.25) is 4.79 Å². The van der Waals surface area contributed by atoms with Gasteiger partial charge in [0, 0.05) is 19.2 Å². The van der Waals surface area contributed by atoms with Crippen molar-refractivity contribution < 1.29 is 9.53 Å². The number of carbonyl (C=O) groups is 1. The van der Waals surface area contributed by atoms with Crippen molar-refractivity contribution >= 4 is 29.0 Å². The summed E-state index contributed by atoms with van der Waals surface area (Å²) >= 11 is 6.25. The molecule has 6 nitrogen and oxygen atoms in total. The number of nitrogens with one attached hydrogen (secondary N) is 2. The van der Waals surface area contributed by atoms with E-state index in [1.165, 1.54) is 6.33 Å². The van der Waals surface area contributed by atoms with Gasteiger partial charge < -0.3 is 15.4 Å². The molecule has 132 valence electrons. The third-order valence-electron chi connectivity index (χ3n) is 4.10. The zero-order chi connectivity index (χ0) is 17.8. The number of rotatable bonds is 5. The van der Waals surface area contributed by atoms with E-state index in [-0.39, 0.29) is 17.7 Å². The first-order valence-electron chi connectivity index (χ1n) is 8.28. The molecule has 1 saturated heterocycles. The largest absolute Gasteiger partial charge is 0.376 e. The van der Waals surface area contributed by atoms with Crippen molar-refractivity contribution in [1.82, 2.24) is 9.97 Å². The fraction of sp³-hybridized carbons (Fsp3) is 0.389. The first-order chi connectivity index (χ1) is 12.0. The summed E-state index contributed by atoms with van der Waals surface area (Å²) in [6, 6.07) is 5.41. The minimum absolute atomic E-state index is 0.196. The highest BCUT2D eigenvalue weighted by Gasteiger charge is 2.16. The van der Waals surface area contributed by atoms with Crippen molar-refractivity contribution in [3.63, 3.8) is 0 Å². The van der Waals surface area contributed by atoms with Gasteiger partial charge in [-0.25, -0.2) is 9.97 Å². The predicted molar refractivity (Wildman–Crippen MR) is 98.4 cm³/mol. The molecule has 2 heterocycles. The lowest BCUT2D eigenvalue weighted by atomic mass is 10.1. The summed E-state index contributed by atoms with van der Waals surface area (Å²) < 4.78 is 5.57. The molecule has 1 atom stereocenters. The average Bonchev–Trinajstić information content (AvgIpc) is 3.10. The number of hydrogen-bond donors (Lipinski definition) is 2. The molecule has 0 radical (unpaired) electrons. The molecule has 25 heavy (non-hydrogen) atoms. The van der Waals surface area contributed by atoms with Crippen LogP contribution in [0.1, 0.15) is 34.5 Å².